The van der Waals surface area contributed by atoms with E-state index >= 15 is 0 Å². The van der Waals surface area contributed by atoms with Crippen LogP contribution in [0.15, 0.2) is 0 Å². The van der Waals surface area contributed by atoms with Crippen molar-refractivity contribution in [3.05, 3.63) is 0 Å². The fourth-order valence-corrected chi connectivity index (χ4v) is 0. The van der Waals surface area contributed by atoms with E-state index in [1.807, 2.05) is 0 Å². The first-order chi connectivity index (χ1) is 1.73. The van der Waals surface area contributed by atoms with Crippen LogP contribution in [-0.4, -0.2) is 13.3 Å². The molecule has 2 heteroatoms. The van der Waals surface area contributed by atoms with Crippen molar-refractivity contribution in [3.8, 4) is 0 Å². The predicted molar refractivity (Wildman–Crippen MR) is 18.8 cm³/mol. The maximum absolute atomic E-state index is 2.29. The number of hydrogen-bond donors (Lipinski definition) is 0. The Morgan fingerprint density at radius 2 is 1.50 bits per heavy atom. The molecule has 4 heavy (non-hydrogen) atoms. The van der Waals surface area contributed by atoms with Gasteiger partial charge in [-0.2, -0.15) is 0 Å². The van der Waals surface area contributed by atoms with Crippen molar-refractivity contribution < 1.29 is 30.3 Å². The number of rotatable bonds is 0. The molecular formula is C2H6PY. The van der Waals surface area contributed by atoms with Gasteiger partial charge < -0.3 is 0 Å². The normalized spacial score (nSPS) is 8.50. The summed E-state index contributed by atoms with van der Waals surface area (Å²) in [5.74, 6) is 0. The second-order valence-corrected chi connectivity index (χ2v) is 10.5. The van der Waals surface area contributed by atoms with Gasteiger partial charge in [0.05, 0.1) is 0 Å². The van der Waals surface area contributed by atoms with E-state index in [2.05, 4.69) is 13.3 Å². The first-order valence-electron chi connectivity index (χ1n) is 1.15. The Hall–Kier alpha value is 1.53. The van der Waals surface area contributed by atoms with E-state index in [0.717, 1.165) is 0 Å². The third-order valence-corrected chi connectivity index (χ3v) is 0. The minimum absolute atomic E-state index is 0.510. The summed E-state index contributed by atoms with van der Waals surface area (Å²) in [7, 11) is 0. The molecule has 0 unspecified atom stereocenters. The zero-order chi connectivity index (χ0) is 3.58. The molecule has 0 amide bonds. The fraction of sp³-hybridized carbons (Fsp3) is 1.00. The van der Waals surface area contributed by atoms with Gasteiger partial charge in [0.15, 0.2) is 0 Å². The molecule has 0 aromatic carbocycles. The summed E-state index contributed by atoms with van der Waals surface area (Å²) < 4.78 is 0.510. The Bertz CT molecular complexity index is 10.8. The van der Waals surface area contributed by atoms with Crippen LogP contribution in [0.25, 0.3) is 0 Å². The van der Waals surface area contributed by atoms with E-state index in [0.29, 0.717) is 4.17 Å². The van der Waals surface area contributed by atoms with Gasteiger partial charge in [-0.15, -0.1) is 0 Å². The molecule has 0 aromatic heterocycles. The SMILES string of the molecule is C[P](C)[Y]. The molecule has 0 rings (SSSR count). The average Bonchev–Trinajstić information content (AvgIpc) is 0.811. The van der Waals surface area contributed by atoms with Gasteiger partial charge in [0.2, 0.25) is 0 Å². The van der Waals surface area contributed by atoms with Crippen molar-refractivity contribution in [3.63, 3.8) is 0 Å². The molecule has 0 aliphatic heterocycles. The molecule has 0 saturated carbocycles. The summed E-state index contributed by atoms with van der Waals surface area (Å²) >= 11 is 1.47. The Kier molecular flexibility index (Phi) is 3.81. The van der Waals surface area contributed by atoms with Crippen molar-refractivity contribution in [2.75, 3.05) is 13.3 Å². The van der Waals surface area contributed by atoms with E-state index in [9.17, 15) is 0 Å². The third kappa shape index (κ3) is 9.64. The summed E-state index contributed by atoms with van der Waals surface area (Å²) in [5, 5.41) is 0. The van der Waals surface area contributed by atoms with Crippen LogP contribution in [0.1, 0.15) is 0 Å². The van der Waals surface area contributed by atoms with Crippen LogP contribution in [-0.2, 0) is 30.3 Å². The molecule has 0 aliphatic rings. The second kappa shape index (κ2) is 2.75. The van der Waals surface area contributed by atoms with E-state index < -0.39 is 0 Å². The van der Waals surface area contributed by atoms with Crippen molar-refractivity contribution in [2.24, 2.45) is 0 Å². The van der Waals surface area contributed by atoms with Gasteiger partial charge >= 0.3 is 47.8 Å². The quantitative estimate of drug-likeness (QED) is 0.455. The zero-order valence-electron chi connectivity index (χ0n) is 3.02. The topological polar surface area (TPSA) is 0 Å². The van der Waals surface area contributed by atoms with Crippen molar-refractivity contribution >= 4 is 4.17 Å². The van der Waals surface area contributed by atoms with Crippen LogP contribution in [0.5, 0.6) is 0 Å². The Balaban J connectivity index is 2.32. The molecular weight excluding hydrogens is 144 g/mol. The van der Waals surface area contributed by atoms with Crippen LogP contribution in [0.3, 0.4) is 0 Å². The summed E-state index contributed by atoms with van der Waals surface area (Å²) in [6.07, 6.45) is 0. The zero-order valence-corrected chi connectivity index (χ0v) is 6.76. The van der Waals surface area contributed by atoms with Gasteiger partial charge in [-0.25, -0.2) is 0 Å². The van der Waals surface area contributed by atoms with Gasteiger partial charge in [-0.05, 0) is 0 Å². The second-order valence-electron chi connectivity index (χ2n) is 0.964. The van der Waals surface area contributed by atoms with Crippen LogP contribution in [0.4, 0.5) is 0 Å². The predicted octanol–water partition coefficient (Wildman–Crippen LogP) is 1.19. The Morgan fingerprint density at radius 3 is 1.50 bits per heavy atom. The van der Waals surface area contributed by atoms with Gasteiger partial charge in [-0.3, -0.25) is 0 Å². The molecule has 0 aromatic rings. The first-order valence-corrected chi connectivity index (χ1v) is 7.27. The summed E-state index contributed by atoms with van der Waals surface area (Å²) in [5.41, 5.74) is 0. The fourth-order valence-electron chi connectivity index (χ4n) is 0. The van der Waals surface area contributed by atoms with E-state index in [4.69, 9.17) is 0 Å². The van der Waals surface area contributed by atoms with E-state index in [1.165, 1.54) is 30.3 Å². The molecule has 0 fully saturated rings. The summed E-state index contributed by atoms with van der Waals surface area (Å²) in [6, 6.07) is 0. The molecule has 0 spiro atoms. The molecule has 0 bridgehead atoms. The van der Waals surface area contributed by atoms with Crippen molar-refractivity contribution in [1.82, 2.24) is 0 Å². The molecule has 22 valence electrons. The third-order valence-electron chi connectivity index (χ3n) is 0. The standard InChI is InChI=1S/C2H6P.Y/c1-3-2;/h1-2H3;/q-1;+1. The van der Waals surface area contributed by atoms with Gasteiger partial charge in [0.1, 0.15) is 0 Å². The minimum atomic E-state index is 0.510. The van der Waals surface area contributed by atoms with Crippen LogP contribution >= 0.6 is 4.17 Å². The average molecular weight is 150 g/mol. The van der Waals surface area contributed by atoms with Crippen LogP contribution in [0.2, 0.25) is 0 Å². The molecule has 0 radical (unpaired) electrons. The Labute approximate surface area is 47.6 Å². The Morgan fingerprint density at radius 1 is 1.50 bits per heavy atom. The van der Waals surface area contributed by atoms with Gasteiger partial charge in [0.25, 0.3) is 0 Å². The van der Waals surface area contributed by atoms with Gasteiger partial charge in [-0.1, -0.05) is 0 Å². The first kappa shape index (κ1) is 5.53. The van der Waals surface area contributed by atoms with Crippen LogP contribution in [0, 0.1) is 0 Å². The molecule has 0 atom stereocenters. The molecule has 0 heterocycles. The molecule has 0 aliphatic carbocycles. The van der Waals surface area contributed by atoms with E-state index in [1.54, 1.807) is 0 Å². The van der Waals surface area contributed by atoms with Gasteiger partial charge in [0, 0.05) is 0 Å². The summed E-state index contributed by atoms with van der Waals surface area (Å²) in [6.45, 7) is 4.58. The van der Waals surface area contributed by atoms with Crippen molar-refractivity contribution in [1.29, 1.82) is 0 Å². The molecule has 0 saturated heterocycles. The molecule has 0 nitrogen and oxygen atoms in total. The summed E-state index contributed by atoms with van der Waals surface area (Å²) in [4.78, 5) is 0. The maximum atomic E-state index is 2.29. The number of hydrogen-bond acceptors (Lipinski definition) is 0. The monoisotopic (exact) mass is 150 g/mol. The van der Waals surface area contributed by atoms with Crippen molar-refractivity contribution in [2.45, 2.75) is 0 Å². The van der Waals surface area contributed by atoms with Crippen LogP contribution < -0.4 is 0 Å². The molecule has 0 N–H and O–H groups in total. The van der Waals surface area contributed by atoms with E-state index in [-0.39, 0.29) is 0 Å².